The zero-order chi connectivity index (χ0) is 35.4. The van der Waals surface area contributed by atoms with E-state index in [-0.39, 0.29) is 5.41 Å². The second kappa shape index (κ2) is 7.95. The molecule has 0 radical (unpaired) electrons. The van der Waals surface area contributed by atoms with Gasteiger partial charge in [0.05, 0.1) is 19.8 Å². The SMILES string of the molecule is COCCOCCOc1ccc(N2CC3C4=c5c6c7c8c(cc9cc%10cc%11cc%12cc%13c%14c(c5c5c6c6c8c9c8c%10c%11c9c%12c%14c5c9c86)=C(C4)C%13)CC73C2)cc1. The summed E-state index contributed by atoms with van der Waals surface area (Å²) in [5.74, 6) is 1.39. The predicted molar refractivity (Wildman–Crippen MR) is 230 cm³/mol. The Hall–Kier alpha value is -5.68. The molecule has 0 saturated carbocycles. The molecule has 0 amide bonds. The molecular weight excluding hydrogens is 687 g/mol. The summed E-state index contributed by atoms with van der Waals surface area (Å²) in [5.41, 5.74) is 9.76. The van der Waals surface area contributed by atoms with Gasteiger partial charge in [-0.3, -0.25) is 0 Å². The van der Waals surface area contributed by atoms with Crippen molar-refractivity contribution in [2.45, 2.75) is 24.7 Å². The summed E-state index contributed by atoms with van der Waals surface area (Å²) in [6.07, 6.45) is 3.37. The van der Waals surface area contributed by atoms with Gasteiger partial charge in [0.1, 0.15) is 12.4 Å². The molecule has 0 bridgehead atoms. The smallest absolute Gasteiger partial charge is 0.119 e. The van der Waals surface area contributed by atoms with Crippen LogP contribution in [0.1, 0.15) is 23.1 Å². The Morgan fingerprint density at radius 3 is 1.93 bits per heavy atom. The second-order valence-corrected chi connectivity index (χ2v) is 18.7. The first-order valence-electron chi connectivity index (χ1n) is 20.8. The Balaban J connectivity index is 0.972. The van der Waals surface area contributed by atoms with Gasteiger partial charge in [0.25, 0.3) is 0 Å². The highest BCUT2D eigenvalue weighted by molar-refractivity contribution is 6.63. The molecule has 0 aromatic heterocycles. The van der Waals surface area contributed by atoms with Gasteiger partial charge in [0, 0.05) is 37.2 Å². The second-order valence-electron chi connectivity index (χ2n) is 18.7. The Morgan fingerprint density at radius 2 is 1.18 bits per heavy atom. The molecule has 1 fully saturated rings. The van der Waals surface area contributed by atoms with Gasteiger partial charge in [0.15, 0.2) is 0 Å². The zero-order valence-corrected chi connectivity index (χ0v) is 30.8. The quantitative estimate of drug-likeness (QED) is 0.116. The minimum Gasteiger partial charge on any atom is -0.491 e. The van der Waals surface area contributed by atoms with Crippen LogP contribution in [0, 0.1) is 5.92 Å². The molecule has 4 heteroatoms. The van der Waals surface area contributed by atoms with Crippen LogP contribution in [-0.2, 0) is 27.7 Å². The summed E-state index contributed by atoms with van der Waals surface area (Å²) in [6, 6.07) is 21.9. The van der Waals surface area contributed by atoms with Gasteiger partial charge >= 0.3 is 0 Å². The van der Waals surface area contributed by atoms with Crippen molar-refractivity contribution in [1.82, 2.24) is 0 Å². The standard InChI is InChI=1S/C52H31NO3/c1-54-6-7-55-8-9-56-28-4-2-27(3-5-28)53-18-30-29-16-25-14-22-12-23-11-20-10-21-13-24-15-26-17-52(30,19-53)51-37(26)42-36(24)41-32(21)31(20)39-35(23)40-33(22)34(25)43-38(29)50(51)49-47(42)45(41)44(39)46(40)48(43)49/h2-5,10-13,15,30H,6-9,14,16-19H2,1H3. The minimum atomic E-state index is 0.0636. The van der Waals surface area contributed by atoms with Crippen molar-refractivity contribution in [2.75, 3.05) is 51.5 Å². The summed E-state index contributed by atoms with van der Waals surface area (Å²) in [6.45, 7) is 4.44. The van der Waals surface area contributed by atoms with Crippen LogP contribution >= 0.6 is 0 Å². The van der Waals surface area contributed by atoms with Crippen molar-refractivity contribution in [3.63, 3.8) is 0 Å². The number of ether oxygens (including phenoxy) is 3. The van der Waals surface area contributed by atoms with Crippen LogP contribution in [-0.4, -0.2) is 46.6 Å². The van der Waals surface area contributed by atoms with Crippen molar-refractivity contribution >= 4 is 135 Å². The van der Waals surface area contributed by atoms with Gasteiger partial charge in [-0.05, 0) is 207 Å². The number of benzene rings is 9. The van der Waals surface area contributed by atoms with E-state index in [0.29, 0.717) is 32.3 Å². The van der Waals surface area contributed by atoms with Crippen LogP contribution in [0.3, 0.4) is 0 Å². The largest absolute Gasteiger partial charge is 0.491 e. The van der Waals surface area contributed by atoms with E-state index in [4.69, 9.17) is 14.2 Å². The maximum absolute atomic E-state index is 6.10. The number of nitrogens with zero attached hydrogens (tertiary/aromatic N) is 1. The number of anilines is 1. The van der Waals surface area contributed by atoms with E-state index in [0.717, 1.165) is 38.1 Å². The van der Waals surface area contributed by atoms with Crippen LogP contribution in [0.4, 0.5) is 5.69 Å². The maximum atomic E-state index is 6.10. The third kappa shape index (κ3) is 2.36. The molecule has 2 atom stereocenters. The van der Waals surface area contributed by atoms with E-state index in [1.807, 2.05) is 0 Å². The Kier molecular flexibility index (Phi) is 3.84. The summed E-state index contributed by atoms with van der Waals surface area (Å²) >= 11 is 0. The van der Waals surface area contributed by atoms with Crippen molar-refractivity contribution in [3.8, 4) is 5.75 Å². The van der Waals surface area contributed by atoms with Gasteiger partial charge in [0.2, 0.25) is 0 Å². The lowest BCUT2D eigenvalue weighted by Crippen LogP contribution is -2.42. The average molecular weight is 718 g/mol. The van der Waals surface area contributed by atoms with Gasteiger partial charge in [-0.1, -0.05) is 23.3 Å². The molecule has 0 N–H and O–H groups in total. The first-order valence-corrected chi connectivity index (χ1v) is 20.8. The summed E-state index contributed by atoms with van der Waals surface area (Å²) in [4.78, 5) is 2.75. The molecule has 18 rings (SSSR count). The van der Waals surface area contributed by atoms with Gasteiger partial charge < -0.3 is 19.1 Å². The normalized spacial score (nSPS) is 21.5. The first-order chi connectivity index (χ1) is 27.7. The van der Waals surface area contributed by atoms with Crippen molar-refractivity contribution < 1.29 is 14.2 Å². The molecule has 13 aromatic carbocycles. The Bertz CT molecular complexity index is 4060. The lowest BCUT2D eigenvalue weighted by molar-refractivity contribution is 0.0544. The Morgan fingerprint density at radius 1 is 0.571 bits per heavy atom. The third-order valence-electron chi connectivity index (χ3n) is 16.7. The molecule has 4 aliphatic carbocycles. The molecule has 4 nitrogen and oxygen atoms in total. The molecular formula is C52H31NO3. The molecule has 1 saturated heterocycles. The monoisotopic (exact) mass is 717 g/mol. The highest BCUT2D eigenvalue weighted by Crippen LogP contribution is 2.67. The minimum absolute atomic E-state index is 0.0636. The molecule has 1 aliphatic heterocycles. The molecule has 2 unspecified atom stereocenters. The summed E-state index contributed by atoms with van der Waals surface area (Å²) < 4.78 is 16.8. The van der Waals surface area contributed by atoms with Crippen molar-refractivity contribution in [2.24, 2.45) is 5.92 Å². The molecule has 5 aliphatic rings. The number of rotatable bonds is 8. The molecule has 56 heavy (non-hydrogen) atoms. The fraction of sp³-hybridized carbons (Fsp3) is 0.231. The van der Waals surface area contributed by atoms with Gasteiger partial charge in [-0.15, -0.1) is 0 Å². The molecule has 262 valence electrons. The fourth-order valence-corrected chi connectivity index (χ4v) is 15.4. The van der Waals surface area contributed by atoms with E-state index in [2.05, 4.69) is 59.5 Å². The Labute approximate surface area is 318 Å². The van der Waals surface area contributed by atoms with E-state index in [1.54, 1.807) is 142 Å². The topological polar surface area (TPSA) is 30.9 Å². The average Bonchev–Trinajstić information content (AvgIpc) is 4.06. The number of hydrogen-bond donors (Lipinski definition) is 0. The third-order valence-corrected chi connectivity index (χ3v) is 16.7. The highest BCUT2D eigenvalue weighted by atomic mass is 16.5. The van der Waals surface area contributed by atoms with E-state index in [9.17, 15) is 0 Å². The van der Waals surface area contributed by atoms with E-state index < -0.39 is 0 Å². The molecule has 1 spiro atoms. The predicted octanol–water partition coefficient (Wildman–Crippen LogP) is 9.56. The number of hydrogen-bond acceptors (Lipinski definition) is 4. The molecule has 13 aromatic rings. The van der Waals surface area contributed by atoms with Gasteiger partial charge in [-0.2, -0.15) is 0 Å². The van der Waals surface area contributed by atoms with Crippen LogP contribution in [0.5, 0.6) is 5.75 Å². The summed E-state index contributed by atoms with van der Waals surface area (Å²) in [5, 5.41) is 38.1. The van der Waals surface area contributed by atoms with E-state index >= 15 is 0 Å². The first kappa shape index (κ1) is 27.0. The fourth-order valence-electron chi connectivity index (χ4n) is 15.4. The lowest BCUT2D eigenvalue weighted by Gasteiger charge is -2.38. The van der Waals surface area contributed by atoms with Crippen molar-refractivity contribution in [1.29, 1.82) is 0 Å². The lowest BCUT2D eigenvalue weighted by atomic mass is 9.64. The number of methoxy groups -OCH3 is 1. The molecule has 1 heterocycles. The van der Waals surface area contributed by atoms with Crippen LogP contribution in [0.15, 0.2) is 54.6 Å². The van der Waals surface area contributed by atoms with Crippen molar-refractivity contribution in [3.05, 3.63) is 81.7 Å². The maximum Gasteiger partial charge on any atom is 0.119 e. The number of fused-ring (bicyclic) bond motifs is 1. The van der Waals surface area contributed by atoms with Crippen LogP contribution in [0.25, 0.3) is 130 Å². The van der Waals surface area contributed by atoms with Crippen LogP contribution in [0.2, 0.25) is 0 Å². The summed E-state index contributed by atoms with van der Waals surface area (Å²) in [7, 11) is 1.70. The van der Waals surface area contributed by atoms with Gasteiger partial charge in [-0.25, -0.2) is 0 Å². The van der Waals surface area contributed by atoms with E-state index in [1.165, 1.54) is 27.2 Å². The highest BCUT2D eigenvalue weighted by Gasteiger charge is 2.57. The van der Waals surface area contributed by atoms with Crippen LogP contribution < -0.4 is 20.1 Å². The zero-order valence-electron chi connectivity index (χ0n) is 30.8.